The molecule has 1 aliphatic heterocycles. The van der Waals surface area contributed by atoms with Gasteiger partial charge in [0.05, 0.1) is 4.92 Å². The Morgan fingerprint density at radius 1 is 1.50 bits per heavy atom. The number of aromatic nitrogens is 1. The van der Waals surface area contributed by atoms with E-state index in [0.29, 0.717) is 5.82 Å². The van der Waals surface area contributed by atoms with E-state index < -0.39 is 4.92 Å². The second kappa shape index (κ2) is 6.51. The fourth-order valence-corrected chi connectivity index (χ4v) is 2.53. The van der Waals surface area contributed by atoms with Crippen molar-refractivity contribution in [3.63, 3.8) is 0 Å². The third kappa shape index (κ3) is 3.57. The molecular weight excluding hydrogens is 258 g/mol. The van der Waals surface area contributed by atoms with Crippen LogP contribution >= 0.6 is 0 Å². The summed E-state index contributed by atoms with van der Waals surface area (Å²) in [5.74, 6) is 0.575. The number of hydrogen-bond donors (Lipinski definition) is 2. The first-order valence-corrected chi connectivity index (χ1v) is 7.00. The van der Waals surface area contributed by atoms with Gasteiger partial charge < -0.3 is 16.0 Å². The van der Waals surface area contributed by atoms with Gasteiger partial charge in [-0.05, 0) is 31.9 Å². The summed E-state index contributed by atoms with van der Waals surface area (Å²) in [6.07, 6.45) is 3.08. The summed E-state index contributed by atoms with van der Waals surface area (Å²) in [5.41, 5.74) is 5.59. The summed E-state index contributed by atoms with van der Waals surface area (Å²) in [5, 5.41) is 14.2. The van der Waals surface area contributed by atoms with Gasteiger partial charge in [0, 0.05) is 25.2 Å². The zero-order valence-electron chi connectivity index (χ0n) is 11.7. The fourth-order valence-electron chi connectivity index (χ4n) is 2.53. The van der Waals surface area contributed by atoms with Crippen molar-refractivity contribution < 1.29 is 4.92 Å². The van der Waals surface area contributed by atoms with Gasteiger partial charge in [-0.2, -0.15) is 0 Å². The molecular formula is C13H21N5O2. The molecule has 1 aliphatic rings. The molecule has 20 heavy (non-hydrogen) atoms. The summed E-state index contributed by atoms with van der Waals surface area (Å²) >= 11 is 0. The molecule has 0 spiro atoms. The largest absolute Gasteiger partial charge is 0.384 e. The molecule has 0 saturated carbocycles. The lowest BCUT2D eigenvalue weighted by Crippen LogP contribution is -2.39. The highest BCUT2D eigenvalue weighted by atomic mass is 16.6. The van der Waals surface area contributed by atoms with Crippen molar-refractivity contribution in [1.29, 1.82) is 0 Å². The molecule has 7 nitrogen and oxygen atoms in total. The number of nitrogens with two attached hydrogens (primary N) is 1. The van der Waals surface area contributed by atoms with Crippen molar-refractivity contribution in [3.8, 4) is 0 Å². The Labute approximate surface area is 118 Å². The maximum absolute atomic E-state index is 11.0. The number of hydrogen-bond acceptors (Lipinski definition) is 6. The minimum atomic E-state index is -0.430. The van der Waals surface area contributed by atoms with Crippen LogP contribution < -0.4 is 11.1 Å². The number of pyridine rings is 1. The van der Waals surface area contributed by atoms with Crippen molar-refractivity contribution in [3.05, 3.63) is 22.2 Å². The van der Waals surface area contributed by atoms with E-state index in [1.807, 2.05) is 0 Å². The van der Waals surface area contributed by atoms with Crippen molar-refractivity contribution >= 4 is 17.3 Å². The predicted octanol–water partition coefficient (Wildman–Crippen LogP) is 1.86. The topological polar surface area (TPSA) is 97.3 Å². The van der Waals surface area contributed by atoms with Crippen LogP contribution in [0.5, 0.6) is 0 Å². The van der Waals surface area contributed by atoms with E-state index >= 15 is 0 Å². The zero-order chi connectivity index (χ0) is 14.5. The first kappa shape index (κ1) is 14.5. The molecule has 1 fully saturated rings. The van der Waals surface area contributed by atoms with Crippen LogP contribution in [-0.2, 0) is 0 Å². The van der Waals surface area contributed by atoms with Crippen molar-refractivity contribution in [2.75, 3.05) is 30.7 Å². The lowest BCUT2D eigenvalue weighted by molar-refractivity contribution is -0.384. The molecule has 0 radical (unpaired) electrons. The van der Waals surface area contributed by atoms with E-state index in [4.69, 9.17) is 5.73 Å². The summed E-state index contributed by atoms with van der Waals surface area (Å²) in [6, 6.07) is 3.07. The number of nitrogens with one attached hydrogen (secondary N) is 1. The molecule has 1 aromatic rings. The Kier molecular flexibility index (Phi) is 4.73. The van der Waals surface area contributed by atoms with Gasteiger partial charge in [0.1, 0.15) is 5.82 Å². The fraction of sp³-hybridized carbons (Fsp3) is 0.615. The smallest absolute Gasteiger partial charge is 0.311 e. The molecule has 0 aromatic carbocycles. The van der Waals surface area contributed by atoms with Crippen LogP contribution in [0.3, 0.4) is 0 Å². The average molecular weight is 279 g/mol. The van der Waals surface area contributed by atoms with Gasteiger partial charge in [-0.1, -0.05) is 6.92 Å². The highest BCUT2D eigenvalue weighted by Gasteiger charge is 2.22. The molecule has 1 aromatic heterocycles. The summed E-state index contributed by atoms with van der Waals surface area (Å²) in [7, 11) is 0. The Bertz CT molecular complexity index is 472. The van der Waals surface area contributed by atoms with Crippen LogP contribution in [0.15, 0.2) is 12.1 Å². The Morgan fingerprint density at radius 2 is 2.20 bits per heavy atom. The maximum Gasteiger partial charge on any atom is 0.311 e. The summed E-state index contributed by atoms with van der Waals surface area (Å²) in [6.45, 7) is 5.32. The van der Waals surface area contributed by atoms with Crippen LogP contribution in [0, 0.1) is 10.1 Å². The monoisotopic (exact) mass is 279 g/mol. The number of nitrogens with zero attached hydrogens (tertiary/aromatic N) is 3. The first-order valence-electron chi connectivity index (χ1n) is 7.00. The van der Waals surface area contributed by atoms with Gasteiger partial charge in [-0.25, -0.2) is 4.98 Å². The molecule has 1 saturated heterocycles. The highest BCUT2D eigenvalue weighted by molar-refractivity contribution is 5.59. The summed E-state index contributed by atoms with van der Waals surface area (Å²) < 4.78 is 0. The standard InChI is InChI=1S/C13H21N5O2/c1-2-7-17-8-5-10(6-9-17)15-13-11(18(19)20)3-4-12(14)16-13/h3-4,10H,2,5-9H2,1H3,(H3,14,15,16). The van der Waals surface area contributed by atoms with E-state index in [1.54, 1.807) is 0 Å². The van der Waals surface area contributed by atoms with E-state index in [9.17, 15) is 10.1 Å². The molecule has 0 atom stereocenters. The van der Waals surface area contributed by atoms with E-state index in [-0.39, 0.29) is 17.5 Å². The first-order chi connectivity index (χ1) is 9.60. The number of nitro groups is 1. The molecule has 2 heterocycles. The molecule has 7 heteroatoms. The Balaban J connectivity index is 2.00. The third-order valence-corrected chi connectivity index (χ3v) is 3.56. The number of anilines is 2. The second-order valence-electron chi connectivity index (χ2n) is 5.12. The van der Waals surface area contributed by atoms with Crippen molar-refractivity contribution in [1.82, 2.24) is 9.88 Å². The zero-order valence-corrected chi connectivity index (χ0v) is 11.7. The van der Waals surface area contributed by atoms with Gasteiger partial charge in [0.15, 0.2) is 0 Å². The highest BCUT2D eigenvalue weighted by Crippen LogP contribution is 2.25. The number of likely N-dealkylation sites (tertiary alicyclic amines) is 1. The average Bonchev–Trinajstić information content (AvgIpc) is 2.41. The number of piperidine rings is 1. The maximum atomic E-state index is 11.0. The van der Waals surface area contributed by atoms with Crippen LogP contribution in [0.1, 0.15) is 26.2 Å². The Morgan fingerprint density at radius 3 is 2.80 bits per heavy atom. The number of rotatable bonds is 5. The quantitative estimate of drug-likeness (QED) is 0.630. The summed E-state index contributed by atoms with van der Waals surface area (Å²) in [4.78, 5) is 17.0. The van der Waals surface area contributed by atoms with Crippen LogP contribution in [-0.4, -0.2) is 40.5 Å². The minimum absolute atomic E-state index is 0.0183. The normalized spacial score (nSPS) is 17.1. The van der Waals surface area contributed by atoms with E-state index in [1.165, 1.54) is 12.1 Å². The second-order valence-corrected chi connectivity index (χ2v) is 5.12. The van der Waals surface area contributed by atoms with Crippen LogP contribution in [0.4, 0.5) is 17.3 Å². The molecule has 2 rings (SSSR count). The van der Waals surface area contributed by atoms with E-state index in [0.717, 1.165) is 38.9 Å². The molecule has 110 valence electrons. The molecule has 0 aliphatic carbocycles. The lowest BCUT2D eigenvalue weighted by atomic mass is 10.0. The van der Waals surface area contributed by atoms with Crippen LogP contribution in [0.25, 0.3) is 0 Å². The SMILES string of the molecule is CCCN1CCC(Nc2nc(N)ccc2[N+](=O)[O-])CC1. The van der Waals surface area contributed by atoms with Crippen molar-refractivity contribution in [2.24, 2.45) is 0 Å². The van der Waals surface area contributed by atoms with Crippen LogP contribution in [0.2, 0.25) is 0 Å². The predicted molar refractivity (Wildman–Crippen MR) is 78.7 cm³/mol. The van der Waals surface area contributed by atoms with E-state index in [2.05, 4.69) is 22.1 Å². The van der Waals surface area contributed by atoms with Gasteiger partial charge in [-0.15, -0.1) is 0 Å². The molecule has 3 N–H and O–H groups in total. The molecule has 0 bridgehead atoms. The van der Waals surface area contributed by atoms with Gasteiger partial charge in [-0.3, -0.25) is 10.1 Å². The lowest BCUT2D eigenvalue weighted by Gasteiger charge is -2.32. The minimum Gasteiger partial charge on any atom is -0.384 e. The van der Waals surface area contributed by atoms with Gasteiger partial charge >= 0.3 is 5.69 Å². The third-order valence-electron chi connectivity index (χ3n) is 3.56. The van der Waals surface area contributed by atoms with Gasteiger partial charge in [0.2, 0.25) is 5.82 Å². The molecule has 0 amide bonds. The molecule has 0 unspecified atom stereocenters. The van der Waals surface area contributed by atoms with Crippen molar-refractivity contribution in [2.45, 2.75) is 32.2 Å². The Hall–Kier alpha value is -1.89. The number of nitrogen functional groups attached to an aromatic ring is 1. The van der Waals surface area contributed by atoms with Gasteiger partial charge in [0.25, 0.3) is 0 Å².